The van der Waals surface area contributed by atoms with E-state index in [4.69, 9.17) is 0 Å². The first-order chi connectivity index (χ1) is 8.15. The molecule has 0 amide bonds. The molecule has 2 aromatic rings. The zero-order valence-electron chi connectivity index (χ0n) is 9.19. The van der Waals surface area contributed by atoms with E-state index in [1.54, 1.807) is 0 Å². The second kappa shape index (κ2) is 4.86. The number of nitrogens with zero attached hydrogens (tertiary/aromatic N) is 2. The lowest BCUT2D eigenvalue weighted by Gasteiger charge is -2.13. The summed E-state index contributed by atoms with van der Waals surface area (Å²) in [6.45, 7) is 1.86. The van der Waals surface area contributed by atoms with Crippen LogP contribution in [0.25, 0.3) is 0 Å². The highest BCUT2D eigenvalue weighted by Gasteiger charge is 2.08. The van der Waals surface area contributed by atoms with Crippen LogP contribution in [0.1, 0.15) is 18.5 Å². The molecule has 5 heteroatoms. The number of benzene rings is 1. The van der Waals surface area contributed by atoms with Gasteiger partial charge in [0.25, 0.3) is 0 Å². The first kappa shape index (κ1) is 11.4. The van der Waals surface area contributed by atoms with Gasteiger partial charge in [0.1, 0.15) is 0 Å². The minimum Gasteiger partial charge on any atom is -0.348 e. The third kappa shape index (κ3) is 2.96. The SMILES string of the molecule is CC(Nc1nc(F)cc(F)n1)c1ccccc1. The average molecular weight is 235 g/mol. The molecule has 0 bridgehead atoms. The van der Waals surface area contributed by atoms with E-state index in [0.717, 1.165) is 5.56 Å². The van der Waals surface area contributed by atoms with Crippen LogP contribution in [-0.4, -0.2) is 9.97 Å². The summed E-state index contributed by atoms with van der Waals surface area (Å²) in [5, 5.41) is 2.84. The Morgan fingerprint density at radius 3 is 2.24 bits per heavy atom. The molecule has 0 saturated carbocycles. The summed E-state index contributed by atoms with van der Waals surface area (Å²) < 4.78 is 25.7. The predicted molar refractivity (Wildman–Crippen MR) is 60.4 cm³/mol. The number of anilines is 1. The van der Waals surface area contributed by atoms with E-state index in [1.165, 1.54) is 0 Å². The third-order valence-corrected chi connectivity index (χ3v) is 2.31. The summed E-state index contributed by atoms with van der Waals surface area (Å²) in [6, 6.07) is 10.0. The van der Waals surface area contributed by atoms with E-state index in [9.17, 15) is 8.78 Å². The Morgan fingerprint density at radius 2 is 1.65 bits per heavy atom. The standard InChI is InChI=1S/C12H11F2N3/c1-8(9-5-3-2-4-6-9)15-12-16-10(13)7-11(14)17-12/h2-8H,1H3,(H,15,16,17). The fourth-order valence-electron chi connectivity index (χ4n) is 1.47. The molecule has 0 aliphatic carbocycles. The Hall–Kier alpha value is -2.04. The molecule has 17 heavy (non-hydrogen) atoms. The van der Waals surface area contributed by atoms with Crippen molar-refractivity contribution in [3.8, 4) is 0 Å². The number of aromatic nitrogens is 2. The molecule has 0 fully saturated rings. The van der Waals surface area contributed by atoms with Gasteiger partial charge in [0.15, 0.2) is 0 Å². The second-order valence-electron chi connectivity index (χ2n) is 3.61. The average Bonchev–Trinajstić information content (AvgIpc) is 2.28. The largest absolute Gasteiger partial charge is 0.348 e. The number of rotatable bonds is 3. The van der Waals surface area contributed by atoms with Gasteiger partial charge in [-0.2, -0.15) is 18.7 Å². The lowest BCUT2D eigenvalue weighted by molar-refractivity contribution is 0.526. The number of hydrogen-bond donors (Lipinski definition) is 1. The highest BCUT2D eigenvalue weighted by molar-refractivity contribution is 5.30. The van der Waals surface area contributed by atoms with Crippen molar-refractivity contribution >= 4 is 5.95 Å². The van der Waals surface area contributed by atoms with Gasteiger partial charge < -0.3 is 5.32 Å². The van der Waals surface area contributed by atoms with Crippen molar-refractivity contribution in [1.29, 1.82) is 0 Å². The van der Waals surface area contributed by atoms with E-state index < -0.39 is 11.9 Å². The molecule has 0 spiro atoms. The minimum atomic E-state index is -0.889. The van der Waals surface area contributed by atoms with Gasteiger partial charge in [0.2, 0.25) is 17.8 Å². The predicted octanol–water partition coefficient (Wildman–Crippen LogP) is 2.93. The van der Waals surface area contributed by atoms with Gasteiger partial charge in [-0.25, -0.2) is 0 Å². The molecule has 1 heterocycles. The summed E-state index contributed by atoms with van der Waals surface area (Å²) in [4.78, 5) is 6.94. The lowest BCUT2D eigenvalue weighted by atomic mass is 10.1. The zero-order valence-corrected chi connectivity index (χ0v) is 9.19. The Bertz CT molecular complexity index is 482. The van der Waals surface area contributed by atoms with Gasteiger partial charge in [-0.15, -0.1) is 0 Å². The van der Waals surface area contributed by atoms with Crippen LogP contribution >= 0.6 is 0 Å². The molecule has 0 aliphatic heterocycles. The van der Waals surface area contributed by atoms with Crippen LogP contribution in [0, 0.1) is 11.9 Å². The molecule has 1 aromatic heterocycles. The molecule has 88 valence electrons. The molecule has 3 nitrogen and oxygen atoms in total. The smallest absolute Gasteiger partial charge is 0.228 e. The number of hydrogen-bond acceptors (Lipinski definition) is 3. The topological polar surface area (TPSA) is 37.8 Å². The van der Waals surface area contributed by atoms with Gasteiger partial charge in [-0.3, -0.25) is 0 Å². The first-order valence-electron chi connectivity index (χ1n) is 5.17. The summed E-state index contributed by atoms with van der Waals surface area (Å²) in [6.07, 6.45) is 0. The monoisotopic (exact) mass is 235 g/mol. The minimum absolute atomic E-state index is 0.0566. The molecule has 1 N–H and O–H groups in total. The van der Waals surface area contributed by atoms with E-state index in [2.05, 4.69) is 15.3 Å². The van der Waals surface area contributed by atoms with Crippen molar-refractivity contribution in [2.45, 2.75) is 13.0 Å². The van der Waals surface area contributed by atoms with Crippen LogP contribution < -0.4 is 5.32 Å². The van der Waals surface area contributed by atoms with Crippen molar-refractivity contribution in [2.24, 2.45) is 0 Å². The van der Waals surface area contributed by atoms with Crippen molar-refractivity contribution < 1.29 is 8.78 Å². The molecular formula is C12H11F2N3. The van der Waals surface area contributed by atoms with Gasteiger partial charge in [-0.1, -0.05) is 30.3 Å². The zero-order chi connectivity index (χ0) is 12.3. The Labute approximate surface area is 97.5 Å². The first-order valence-corrected chi connectivity index (χ1v) is 5.17. The van der Waals surface area contributed by atoms with Gasteiger partial charge in [-0.05, 0) is 12.5 Å². The fraction of sp³-hybridized carbons (Fsp3) is 0.167. The fourth-order valence-corrected chi connectivity index (χ4v) is 1.47. The van der Waals surface area contributed by atoms with E-state index in [0.29, 0.717) is 6.07 Å². The Balaban J connectivity index is 2.16. The second-order valence-corrected chi connectivity index (χ2v) is 3.61. The van der Waals surface area contributed by atoms with Crippen LogP contribution in [-0.2, 0) is 0 Å². The summed E-state index contributed by atoms with van der Waals surface area (Å²) in [7, 11) is 0. The molecule has 2 rings (SSSR count). The maximum atomic E-state index is 12.8. The van der Waals surface area contributed by atoms with Crippen molar-refractivity contribution in [1.82, 2.24) is 9.97 Å². The normalized spacial score (nSPS) is 12.2. The number of nitrogens with one attached hydrogen (secondary N) is 1. The van der Waals surface area contributed by atoms with Crippen molar-refractivity contribution in [3.05, 3.63) is 53.9 Å². The molecular weight excluding hydrogens is 224 g/mol. The summed E-state index contributed by atoms with van der Waals surface area (Å²) in [5.41, 5.74) is 0.987. The van der Waals surface area contributed by atoms with Crippen molar-refractivity contribution in [2.75, 3.05) is 5.32 Å². The van der Waals surface area contributed by atoms with Crippen LogP contribution in [0.15, 0.2) is 36.4 Å². The van der Waals surface area contributed by atoms with Crippen molar-refractivity contribution in [3.63, 3.8) is 0 Å². The molecule has 1 aromatic carbocycles. The summed E-state index contributed by atoms with van der Waals surface area (Å²) in [5.74, 6) is -1.83. The van der Waals surface area contributed by atoms with E-state index in [1.807, 2.05) is 37.3 Å². The van der Waals surface area contributed by atoms with Gasteiger partial charge >= 0.3 is 0 Å². The Kier molecular flexibility index (Phi) is 3.27. The lowest BCUT2D eigenvalue weighted by Crippen LogP contribution is -2.10. The van der Waals surface area contributed by atoms with E-state index in [-0.39, 0.29) is 12.0 Å². The highest BCUT2D eigenvalue weighted by Crippen LogP contribution is 2.16. The molecule has 0 aliphatic rings. The molecule has 1 unspecified atom stereocenters. The third-order valence-electron chi connectivity index (χ3n) is 2.31. The Morgan fingerprint density at radius 1 is 1.06 bits per heavy atom. The highest BCUT2D eigenvalue weighted by atomic mass is 19.1. The maximum Gasteiger partial charge on any atom is 0.228 e. The molecule has 0 radical (unpaired) electrons. The maximum absolute atomic E-state index is 12.8. The van der Waals surface area contributed by atoms with Crippen LogP contribution in [0.3, 0.4) is 0 Å². The molecule has 0 saturated heterocycles. The quantitative estimate of drug-likeness (QED) is 0.831. The molecule has 1 atom stereocenters. The van der Waals surface area contributed by atoms with Gasteiger partial charge in [0, 0.05) is 6.07 Å². The van der Waals surface area contributed by atoms with Gasteiger partial charge in [0.05, 0.1) is 6.04 Å². The van der Waals surface area contributed by atoms with Crippen LogP contribution in [0.4, 0.5) is 14.7 Å². The summed E-state index contributed by atoms with van der Waals surface area (Å²) >= 11 is 0. The van der Waals surface area contributed by atoms with E-state index >= 15 is 0 Å². The number of halogens is 2. The van der Waals surface area contributed by atoms with Crippen LogP contribution in [0.2, 0.25) is 0 Å². The van der Waals surface area contributed by atoms with Crippen LogP contribution in [0.5, 0.6) is 0 Å².